The molecule has 2 N–H and O–H groups in total. The lowest BCUT2D eigenvalue weighted by Gasteiger charge is -2.28. The van der Waals surface area contributed by atoms with E-state index in [1.54, 1.807) is 13.4 Å². The number of nitrogens with one attached hydrogen (secondary N) is 2. The normalized spacial score (nSPS) is 17.9. The Balaban J connectivity index is 1.76. The van der Waals surface area contributed by atoms with Gasteiger partial charge < -0.3 is 15.0 Å². The van der Waals surface area contributed by atoms with Gasteiger partial charge in [-0.2, -0.15) is 0 Å². The maximum absolute atomic E-state index is 5.41. The third kappa shape index (κ3) is 2.42. The van der Waals surface area contributed by atoms with E-state index in [-0.39, 0.29) is 5.41 Å². The van der Waals surface area contributed by atoms with E-state index in [9.17, 15) is 0 Å². The van der Waals surface area contributed by atoms with Gasteiger partial charge in [-0.15, -0.1) is 0 Å². The molecule has 0 bridgehead atoms. The van der Waals surface area contributed by atoms with E-state index in [0.717, 1.165) is 30.0 Å². The first kappa shape index (κ1) is 12.4. The molecule has 5 nitrogen and oxygen atoms in total. The number of aromatic amines is 1. The quantitative estimate of drug-likeness (QED) is 0.867. The number of H-pyrrole nitrogens is 1. The van der Waals surface area contributed by atoms with Crippen molar-refractivity contribution in [3.63, 3.8) is 0 Å². The first-order chi connectivity index (χ1) is 9.33. The van der Waals surface area contributed by atoms with Crippen LogP contribution in [0.15, 0.2) is 18.6 Å². The van der Waals surface area contributed by atoms with Crippen molar-refractivity contribution < 1.29 is 4.74 Å². The van der Waals surface area contributed by atoms with E-state index in [1.165, 1.54) is 25.7 Å². The van der Waals surface area contributed by atoms with Crippen LogP contribution < -0.4 is 5.32 Å². The lowest BCUT2D eigenvalue weighted by molar-refractivity contribution is 0.0923. The van der Waals surface area contributed by atoms with Crippen molar-refractivity contribution in [1.29, 1.82) is 0 Å². The van der Waals surface area contributed by atoms with Crippen molar-refractivity contribution in [2.75, 3.05) is 25.6 Å². The molecular formula is C14H20N4O. The number of nitrogens with zero attached hydrogens (tertiary/aromatic N) is 2. The van der Waals surface area contributed by atoms with Crippen LogP contribution in [0.3, 0.4) is 0 Å². The predicted molar refractivity (Wildman–Crippen MR) is 75.2 cm³/mol. The second-order valence-corrected chi connectivity index (χ2v) is 5.46. The minimum atomic E-state index is 0.266. The third-order valence-corrected chi connectivity index (χ3v) is 4.10. The Morgan fingerprint density at radius 1 is 1.37 bits per heavy atom. The first-order valence-electron chi connectivity index (χ1n) is 6.84. The van der Waals surface area contributed by atoms with Crippen molar-refractivity contribution in [1.82, 2.24) is 15.0 Å². The summed E-state index contributed by atoms with van der Waals surface area (Å²) in [5, 5.41) is 4.54. The van der Waals surface area contributed by atoms with Crippen LogP contribution in [0.1, 0.15) is 25.7 Å². The Morgan fingerprint density at radius 3 is 3.00 bits per heavy atom. The molecule has 1 fully saturated rings. The average Bonchev–Trinajstić information content (AvgIpc) is 3.06. The van der Waals surface area contributed by atoms with Crippen LogP contribution in [0.4, 0.5) is 5.82 Å². The Labute approximate surface area is 112 Å². The molecule has 102 valence electrons. The molecule has 1 aliphatic carbocycles. The van der Waals surface area contributed by atoms with Gasteiger partial charge in [0.2, 0.25) is 0 Å². The molecule has 0 unspecified atom stereocenters. The molecule has 0 atom stereocenters. The minimum absolute atomic E-state index is 0.266. The molecule has 0 spiro atoms. The van der Waals surface area contributed by atoms with Gasteiger partial charge in [-0.05, 0) is 18.9 Å². The fourth-order valence-electron chi connectivity index (χ4n) is 3.09. The molecule has 0 radical (unpaired) electrons. The largest absolute Gasteiger partial charge is 0.384 e. The number of ether oxygens (including phenoxy) is 1. The highest BCUT2D eigenvalue weighted by molar-refractivity contribution is 5.86. The van der Waals surface area contributed by atoms with Gasteiger partial charge in [-0.25, -0.2) is 9.97 Å². The summed E-state index contributed by atoms with van der Waals surface area (Å²) in [5.41, 5.74) is 1.15. The number of hydrogen-bond donors (Lipinski definition) is 2. The summed E-state index contributed by atoms with van der Waals surface area (Å²) in [5.74, 6) is 0.911. The molecular weight excluding hydrogens is 240 g/mol. The van der Waals surface area contributed by atoms with Crippen molar-refractivity contribution in [3.05, 3.63) is 18.6 Å². The fraction of sp³-hybridized carbons (Fsp3) is 0.571. The van der Waals surface area contributed by atoms with Crippen LogP contribution in [-0.4, -0.2) is 35.2 Å². The van der Waals surface area contributed by atoms with Gasteiger partial charge in [0.25, 0.3) is 0 Å². The van der Waals surface area contributed by atoms with Gasteiger partial charge >= 0.3 is 0 Å². The van der Waals surface area contributed by atoms with E-state index in [2.05, 4.69) is 20.3 Å². The maximum Gasteiger partial charge on any atom is 0.142 e. The van der Waals surface area contributed by atoms with E-state index in [4.69, 9.17) is 4.74 Å². The minimum Gasteiger partial charge on any atom is -0.384 e. The van der Waals surface area contributed by atoms with Crippen molar-refractivity contribution in [2.24, 2.45) is 5.41 Å². The molecule has 0 saturated heterocycles. The highest BCUT2D eigenvalue weighted by Crippen LogP contribution is 2.38. The SMILES string of the molecule is COCC1(CNc2ncnc3[nH]ccc23)CCCC1. The summed E-state index contributed by atoms with van der Waals surface area (Å²) >= 11 is 0. The lowest BCUT2D eigenvalue weighted by Crippen LogP contribution is -2.31. The van der Waals surface area contributed by atoms with E-state index in [1.807, 2.05) is 12.3 Å². The predicted octanol–water partition coefficient (Wildman–Crippen LogP) is 2.58. The molecule has 5 heteroatoms. The summed E-state index contributed by atoms with van der Waals surface area (Å²) in [6, 6.07) is 2.01. The fourth-order valence-corrected chi connectivity index (χ4v) is 3.09. The van der Waals surface area contributed by atoms with Gasteiger partial charge in [-0.3, -0.25) is 0 Å². The highest BCUT2D eigenvalue weighted by Gasteiger charge is 2.33. The number of hydrogen-bond acceptors (Lipinski definition) is 4. The highest BCUT2D eigenvalue weighted by atomic mass is 16.5. The zero-order valence-corrected chi connectivity index (χ0v) is 11.3. The molecule has 2 aromatic heterocycles. The molecule has 0 aliphatic heterocycles. The van der Waals surface area contributed by atoms with E-state index >= 15 is 0 Å². The Bertz CT molecular complexity index is 545. The Morgan fingerprint density at radius 2 is 2.21 bits per heavy atom. The van der Waals surface area contributed by atoms with Crippen LogP contribution in [0, 0.1) is 5.41 Å². The Kier molecular flexibility index (Phi) is 3.38. The molecule has 2 heterocycles. The van der Waals surface area contributed by atoms with Gasteiger partial charge in [0.1, 0.15) is 17.8 Å². The number of fused-ring (bicyclic) bond motifs is 1. The zero-order chi connectivity index (χ0) is 13.1. The summed E-state index contributed by atoms with van der Waals surface area (Å²) in [4.78, 5) is 11.7. The lowest BCUT2D eigenvalue weighted by atomic mass is 9.87. The van der Waals surface area contributed by atoms with Crippen molar-refractivity contribution in [2.45, 2.75) is 25.7 Å². The van der Waals surface area contributed by atoms with Crippen LogP contribution in [0.2, 0.25) is 0 Å². The van der Waals surface area contributed by atoms with Gasteiger partial charge in [-0.1, -0.05) is 12.8 Å². The number of aromatic nitrogens is 3. The molecule has 1 aliphatic rings. The molecule has 3 rings (SSSR count). The molecule has 19 heavy (non-hydrogen) atoms. The second kappa shape index (κ2) is 5.17. The number of anilines is 1. The topological polar surface area (TPSA) is 62.8 Å². The first-order valence-corrected chi connectivity index (χ1v) is 6.84. The van der Waals surface area contributed by atoms with E-state index < -0.39 is 0 Å². The number of rotatable bonds is 5. The summed E-state index contributed by atoms with van der Waals surface area (Å²) in [6.07, 6.45) is 8.55. The smallest absolute Gasteiger partial charge is 0.142 e. The third-order valence-electron chi connectivity index (χ3n) is 4.10. The summed E-state index contributed by atoms with van der Waals surface area (Å²) in [6.45, 7) is 1.74. The van der Waals surface area contributed by atoms with Gasteiger partial charge in [0.15, 0.2) is 0 Å². The maximum atomic E-state index is 5.41. The van der Waals surface area contributed by atoms with Crippen LogP contribution >= 0.6 is 0 Å². The second-order valence-electron chi connectivity index (χ2n) is 5.46. The molecule has 0 amide bonds. The van der Waals surface area contributed by atoms with Gasteiger partial charge in [0, 0.05) is 25.3 Å². The number of methoxy groups -OCH3 is 1. The average molecular weight is 260 g/mol. The molecule has 0 aromatic carbocycles. The van der Waals surface area contributed by atoms with Crippen LogP contribution in [0.5, 0.6) is 0 Å². The molecule has 1 saturated carbocycles. The monoisotopic (exact) mass is 260 g/mol. The Hall–Kier alpha value is -1.62. The van der Waals surface area contributed by atoms with Crippen LogP contribution in [0.25, 0.3) is 11.0 Å². The zero-order valence-electron chi connectivity index (χ0n) is 11.3. The van der Waals surface area contributed by atoms with Crippen molar-refractivity contribution in [3.8, 4) is 0 Å². The van der Waals surface area contributed by atoms with Crippen LogP contribution in [-0.2, 0) is 4.74 Å². The van der Waals surface area contributed by atoms with Crippen molar-refractivity contribution >= 4 is 16.9 Å². The standard InChI is InChI=1S/C14H20N4O/c1-19-9-14(5-2-3-6-14)8-16-13-11-4-7-15-12(11)17-10-18-13/h4,7,10H,2-3,5-6,8-9H2,1H3,(H2,15,16,17,18). The van der Waals surface area contributed by atoms with Gasteiger partial charge in [0.05, 0.1) is 12.0 Å². The summed E-state index contributed by atoms with van der Waals surface area (Å²) in [7, 11) is 1.79. The van der Waals surface area contributed by atoms with E-state index in [0.29, 0.717) is 0 Å². The summed E-state index contributed by atoms with van der Waals surface area (Å²) < 4.78 is 5.41. The molecule has 2 aromatic rings.